The maximum atomic E-state index is 8.73. The molecule has 0 aromatic carbocycles. The third-order valence-electron chi connectivity index (χ3n) is 1.94. The average Bonchev–Trinajstić information content (AvgIpc) is 2.67. The number of rotatable bonds is 4. The topological polar surface area (TPSA) is 96.8 Å². The molecule has 1 fully saturated rings. The minimum absolute atomic E-state index is 0.199. The van der Waals surface area contributed by atoms with E-state index in [0.717, 1.165) is 19.4 Å². The van der Waals surface area contributed by atoms with Crippen molar-refractivity contribution in [3.8, 4) is 0 Å². The first-order valence-electron chi connectivity index (χ1n) is 4.44. The zero-order valence-electron chi connectivity index (χ0n) is 8.48. The van der Waals surface area contributed by atoms with E-state index in [2.05, 4.69) is 16.3 Å². The quantitative estimate of drug-likeness (QED) is 0.277. The number of hydrogen-bond donors (Lipinski definition) is 4. The molecule has 0 spiro atoms. The highest BCUT2D eigenvalue weighted by Crippen LogP contribution is 2.12. The van der Waals surface area contributed by atoms with Crippen LogP contribution in [0, 0.1) is 0 Å². The lowest BCUT2D eigenvalue weighted by Crippen LogP contribution is -2.47. The highest BCUT2D eigenvalue weighted by atomic mass is 32.2. The molecule has 1 heterocycles. The third kappa shape index (κ3) is 5.76. The monoisotopic (exact) mass is 224 g/mol. The van der Waals surface area contributed by atoms with E-state index in [4.69, 9.17) is 10.9 Å². The summed E-state index contributed by atoms with van der Waals surface area (Å²) < 4.78 is 0. The molecule has 1 atom stereocenters. The summed E-state index contributed by atoms with van der Waals surface area (Å²) in [5.41, 5.74) is 2.54. The highest BCUT2D eigenvalue weighted by molar-refractivity contribution is 7.98. The van der Waals surface area contributed by atoms with Crippen LogP contribution in [0.3, 0.4) is 0 Å². The van der Waals surface area contributed by atoms with E-state index in [1.807, 2.05) is 11.3 Å². The Bertz CT molecular complexity index is 118. The van der Waals surface area contributed by atoms with Crippen LogP contribution in [0.15, 0.2) is 0 Å². The molecule has 1 aliphatic heterocycles. The molecule has 6 nitrogen and oxygen atoms in total. The lowest BCUT2D eigenvalue weighted by molar-refractivity contribution is 0.113. The second kappa shape index (κ2) is 9.66. The molecule has 0 radical (unpaired) electrons. The first-order valence-corrected chi connectivity index (χ1v) is 5.83. The second-order valence-corrected chi connectivity index (χ2v) is 3.69. The minimum atomic E-state index is 0.199. The van der Waals surface area contributed by atoms with Crippen molar-refractivity contribution >= 4 is 11.8 Å². The molecule has 7 heteroatoms. The number of nitrogens with one attached hydrogen (secondary N) is 1. The number of aliphatic hydroxyl groups excluding tert-OH is 1. The molecule has 1 aliphatic rings. The van der Waals surface area contributed by atoms with Crippen LogP contribution < -0.4 is 17.3 Å². The average molecular weight is 224 g/mol. The van der Waals surface area contributed by atoms with Gasteiger partial charge in [0.1, 0.15) is 5.94 Å². The first-order chi connectivity index (χ1) is 6.79. The Balaban J connectivity index is 0.000000292. The molecule has 1 saturated heterocycles. The van der Waals surface area contributed by atoms with Crippen LogP contribution in [0.4, 0.5) is 0 Å². The molecule has 1 unspecified atom stereocenters. The molecule has 0 aromatic heterocycles. The molecule has 0 bridgehead atoms. The summed E-state index contributed by atoms with van der Waals surface area (Å²) in [4.78, 5) is 4.15. The molecule has 0 saturated carbocycles. The summed E-state index contributed by atoms with van der Waals surface area (Å²) in [6.45, 7) is 1.14. The summed E-state index contributed by atoms with van der Waals surface area (Å²) in [5, 5.41) is 10.6. The Labute approximate surface area is 88.8 Å². The highest BCUT2D eigenvalue weighted by Gasteiger charge is 2.21. The minimum Gasteiger partial charge on any atom is -0.395 e. The van der Waals surface area contributed by atoms with Crippen molar-refractivity contribution in [2.24, 2.45) is 11.7 Å². The van der Waals surface area contributed by atoms with Gasteiger partial charge in [-0.05, 0) is 19.1 Å². The third-order valence-corrected chi connectivity index (χ3v) is 2.31. The molecule has 0 aromatic rings. The van der Waals surface area contributed by atoms with Crippen molar-refractivity contribution in [3.63, 3.8) is 0 Å². The molecular formula is C7H20N4O2S. The molecule has 86 valence electrons. The van der Waals surface area contributed by atoms with Gasteiger partial charge in [-0.3, -0.25) is 10.7 Å². The van der Waals surface area contributed by atoms with E-state index in [1.54, 1.807) is 11.8 Å². The Hall–Kier alpha value is 0.110. The van der Waals surface area contributed by atoms with E-state index in [1.165, 1.54) is 0 Å². The first kappa shape index (κ1) is 14.1. The zero-order valence-corrected chi connectivity index (χ0v) is 9.30. The Kier molecular flexibility index (Phi) is 9.73. The van der Waals surface area contributed by atoms with Gasteiger partial charge in [0, 0.05) is 12.6 Å². The fourth-order valence-electron chi connectivity index (χ4n) is 1.26. The predicted molar refractivity (Wildman–Crippen MR) is 57.8 cm³/mol. The van der Waals surface area contributed by atoms with Gasteiger partial charge in [-0.1, -0.05) is 0 Å². The molecule has 1 rings (SSSR count). The number of hydrazine groups is 2. The van der Waals surface area contributed by atoms with Crippen LogP contribution in [0.25, 0.3) is 0 Å². The van der Waals surface area contributed by atoms with Gasteiger partial charge in [-0.25, -0.2) is 10.9 Å². The van der Waals surface area contributed by atoms with Gasteiger partial charge in [0.05, 0.1) is 6.61 Å². The fourth-order valence-corrected chi connectivity index (χ4v) is 1.40. The normalized spacial score (nSPS) is 21.9. The Morgan fingerprint density at radius 1 is 1.71 bits per heavy atom. The number of thioether (sulfide) groups is 1. The second-order valence-electron chi connectivity index (χ2n) is 2.87. The smallest absolute Gasteiger partial charge is 0.113 e. The summed E-state index contributed by atoms with van der Waals surface area (Å²) in [7, 11) is 0. The van der Waals surface area contributed by atoms with Crippen LogP contribution in [0.5, 0.6) is 0 Å². The number of nitrogens with two attached hydrogens (primary N) is 2. The lowest BCUT2D eigenvalue weighted by Gasteiger charge is -2.19. The van der Waals surface area contributed by atoms with Gasteiger partial charge in [0.2, 0.25) is 0 Å². The van der Waals surface area contributed by atoms with Gasteiger partial charge in [0.25, 0.3) is 0 Å². The number of aliphatic hydroxyl groups is 1. The van der Waals surface area contributed by atoms with Gasteiger partial charge in [-0.15, -0.1) is 11.8 Å². The molecule has 0 aliphatic carbocycles. The van der Waals surface area contributed by atoms with E-state index >= 15 is 0 Å². The summed E-state index contributed by atoms with van der Waals surface area (Å²) in [6.07, 6.45) is 4.09. The standard InChI is InChI=1S/C5H13N3O.C2H7NOS/c6-7-8-3-1-2-5(8)4-9;1-5-2-4-3/h5,7,9H,1-4,6H2;2-3H2,1H3. The number of hydrogen-bond acceptors (Lipinski definition) is 7. The maximum absolute atomic E-state index is 8.73. The van der Waals surface area contributed by atoms with Crippen molar-refractivity contribution < 1.29 is 9.94 Å². The molecule has 6 N–H and O–H groups in total. The number of nitrogens with zero attached hydrogens (tertiary/aromatic N) is 1. The van der Waals surface area contributed by atoms with E-state index in [-0.39, 0.29) is 12.6 Å². The Morgan fingerprint density at radius 2 is 2.43 bits per heavy atom. The van der Waals surface area contributed by atoms with Gasteiger partial charge in [0.15, 0.2) is 0 Å². The van der Waals surface area contributed by atoms with Crippen molar-refractivity contribution in [2.75, 3.05) is 25.3 Å². The SMILES string of the molecule is CSCON.NNN1CCCC1CO. The van der Waals surface area contributed by atoms with E-state index in [9.17, 15) is 0 Å². The van der Waals surface area contributed by atoms with E-state index < -0.39 is 0 Å². The Morgan fingerprint density at radius 3 is 2.71 bits per heavy atom. The molecule has 0 amide bonds. The van der Waals surface area contributed by atoms with E-state index in [0.29, 0.717) is 5.94 Å². The summed E-state index contributed by atoms with van der Waals surface area (Å²) >= 11 is 1.55. The van der Waals surface area contributed by atoms with Crippen molar-refractivity contribution in [1.82, 2.24) is 10.5 Å². The lowest BCUT2D eigenvalue weighted by atomic mass is 10.2. The van der Waals surface area contributed by atoms with Crippen LogP contribution >= 0.6 is 11.8 Å². The van der Waals surface area contributed by atoms with Crippen LogP contribution in [0.1, 0.15) is 12.8 Å². The van der Waals surface area contributed by atoms with Gasteiger partial charge in [-0.2, -0.15) is 5.53 Å². The fraction of sp³-hybridized carbons (Fsp3) is 1.00. The predicted octanol–water partition coefficient (Wildman–Crippen LogP) is -0.981. The molecular weight excluding hydrogens is 204 g/mol. The van der Waals surface area contributed by atoms with Crippen molar-refractivity contribution in [1.29, 1.82) is 0 Å². The van der Waals surface area contributed by atoms with Crippen LogP contribution in [-0.2, 0) is 4.84 Å². The van der Waals surface area contributed by atoms with Crippen molar-refractivity contribution in [2.45, 2.75) is 18.9 Å². The molecule has 14 heavy (non-hydrogen) atoms. The maximum Gasteiger partial charge on any atom is 0.113 e. The van der Waals surface area contributed by atoms with Crippen LogP contribution in [0.2, 0.25) is 0 Å². The largest absolute Gasteiger partial charge is 0.395 e. The van der Waals surface area contributed by atoms with Crippen molar-refractivity contribution in [3.05, 3.63) is 0 Å². The van der Waals surface area contributed by atoms with Crippen LogP contribution in [-0.4, -0.2) is 41.5 Å². The summed E-state index contributed by atoms with van der Waals surface area (Å²) in [5.74, 6) is 10.4. The van der Waals surface area contributed by atoms with Gasteiger partial charge >= 0.3 is 0 Å². The van der Waals surface area contributed by atoms with Gasteiger partial charge < -0.3 is 5.11 Å². The summed E-state index contributed by atoms with van der Waals surface area (Å²) in [6, 6.07) is 0.231. The zero-order chi connectivity index (χ0) is 10.8.